The van der Waals surface area contributed by atoms with Crippen LogP contribution in [-0.4, -0.2) is 25.7 Å². The van der Waals surface area contributed by atoms with Gasteiger partial charge >= 0.3 is 0 Å². The summed E-state index contributed by atoms with van der Waals surface area (Å²) in [6.07, 6.45) is 5.23. The smallest absolute Gasteiger partial charge is 0.160 e. The highest BCUT2D eigenvalue weighted by Crippen LogP contribution is 2.27. The third-order valence-electron chi connectivity index (χ3n) is 4.85. The Labute approximate surface area is 125 Å². The Balaban J connectivity index is 1.62. The molecule has 1 aromatic carbocycles. The maximum Gasteiger partial charge on any atom is 0.160 e. The average molecular weight is 294 g/mol. The van der Waals surface area contributed by atoms with Gasteiger partial charge in [-0.1, -0.05) is 13.3 Å². The van der Waals surface area contributed by atoms with Gasteiger partial charge in [0.25, 0.3) is 0 Å². The van der Waals surface area contributed by atoms with E-state index in [1.165, 1.54) is 31.4 Å². The first-order valence-corrected chi connectivity index (χ1v) is 8.05. The van der Waals surface area contributed by atoms with E-state index in [1.54, 1.807) is 6.07 Å². The van der Waals surface area contributed by atoms with Gasteiger partial charge in [0.2, 0.25) is 0 Å². The standard InChI is InChI=1S/C17H24F2N2/c1-12-7-14(20-9-13-3-2-4-13)11-21(10-12)15-5-6-16(18)17(19)8-15/h5-6,8,12-14,20H,2-4,7,9-11H2,1H3. The number of nitrogens with zero attached hydrogens (tertiary/aromatic N) is 1. The van der Waals surface area contributed by atoms with E-state index in [2.05, 4.69) is 17.1 Å². The monoisotopic (exact) mass is 294 g/mol. The highest BCUT2D eigenvalue weighted by atomic mass is 19.2. The molecule has 2 aliphatic rings. The van der Waals surface area contributed by atoms with Crippen LogP contribution in [0.5, 0.6) is 0 Å². The lowest BCUT2D eigenvalue weighted by Gasteiger charge is -2.39. The summed E-state index contributed by atoms with van der Waals surface area (Å²) in [5.74, 6) is -0.127. The number of anilines is 1. The number of hydrogen-bond donors (Lipinski definition) is 1. The van der Waals surface area contributed by atoms with Crippen molar-refractivity contribution in [2.75, 3.05) is 24.5 Å². The number of nitrogens with one attached hydrogen (secondary N) is 1. The lowest BCUT2D eigenvalue weighted by molar-refractivity contribution is 0.268. The Morgan fingerprint density at radius 3 is 2.67 bits per heavy atom. The summed E-state index contributed by atoms with van der Waals surface area (Å²) in [4.78, 5) is 2.18. The van der Waals surface area contributed by atoms with Gasteiger partial charge < -0.3 is 10.2 Å². The van der Waals surface area contributed by atoms with E-state index in [0.29, 0.717) is 12.0 Å². The zero-order valence-corrected chi connectivity index (χ0v) is 12.6. The number of piperidine rings is 1. The van der Waals surface area contributed by atoms with Gasteiger partial charge in [-0.15, -0.1) is 0 Å². The summed E-state index contributed by atoms with van der Waals surface area (Å²) in [5.41, 5.74) is 0.788. The van der Waals surface area contributed by atoms with E-state index in [9.17, 15) is 8.78 Å². The first-order chi connectivity index (χ1) is 10.1. The van der Waals surface area contributed by atoms with Crippen LogP contribution in [0.25, 0.3) is 0 Å². The molecule has 1 saturated carbocycles. The lowest BCUT2D eigenvalue weighted by atomic mass is 9.85. The van der Waals surface area contributed by atoms with Gasteiger partial charge in [-0.25, -0.2) is 8.78 Å². The van der Waals surface area contributed by atoms with Gasteiger partial charge in [0.1, 0.15) is 0 Å². The summed E-state index contributed by atoms with van der Waals surface area (Å²) < 4.78 is 26.5. The fourth-order valence-corrected chi connectivity index (χ4v) is 3.42. The van der Waals surface area contributed by atoms with Crippen molar-refractivity contribution in [1.29, 1.82) is 0 Å². The second-order valence-electron chi connectivity index (χ2n) is 6.75. The second-order valence-corrected chi connectivity index (χ2v) is 6.75. The zero-order valence-electron chi connectivity index (χ0n) is 12.6. The molecule has 2 nitrogen and oxygen atoms in total. The van der Waals surface area contributed by atoms with Gasteiger partial charge in [0, 0.05) is 30.9 Å². The molecular formula is C17H24F2N2. The predicted molar refractivity (Wildman–Crippen MR) is 81.5 cm³/mol. The van der Waals surface area contributed by atoms with Gasteiger partial charge in [-0.05, 0) is 49.8 Å². The molecule has 21 heavy (non-hydrogen) atoms. The minimum Gasteiger partial charge on any atom is -0.370 e. The zero-order chi connectivity index (χ0) is 14.8. The molecule has 1 heterocycles. The Bertz CT molecular complexity index is 488. The minimum absolute atomic E-state index is 0.447. The molecule has 116 valence electrons. The number of halogens is 2. The third kappa shape index (κ3) is 3.54. The topological polar surface area (TPSA) is 15.3 Å². The molecule has 3 rings (SSSR count). The van der Waals surface area contributed by atoms with E-state index in [1.807, 2.05) is 0 Å². The van der Waals surface area contributed by atoms with E-state index in [-0.39, 0.29) is 0 Å². The highest BCUT2D eigenvalue weighted by molar-refractivity contribution is 5.47. The second kappa shape index (κ2) is 6.30. The summed E-state index contributed by atoms with van der Waals surface area (Å²) in [6, 6.07) is 4.67. The van der Waals surface area contributed by atoms with Crippen molar-refractivity contribution in [2.24, 2.45) is 11.8 Å². The quantitative estimate of drug-likeness (QED) is 0.913. The molecule has 2 unspecified atom stereocenters. The van der Waals surface area contributed by atoms with Gasteiger partial charge in [-0.2, -0.15) is 0 Å². The molecule has 1 aliphatic carbocycles. The molecule has 2 atom stereocenters. The minimum atomic E-state index is -0.775. The van der Waals surface area contributed by atoms with Crippen LogP contribution >= 0.6 is 0 Å². The average Bonchev–Trinajstić information content (AvgIpc) is 2.39. The van der Waals surface area contributed by atoms with Gasteiger partial charge in [0.15, 0.2) is 11.6 Å². The molecule has 0 bridgehead atoms. The largest absolute Gasteiger partial charge is 0.370 e. The molecule has 0 spiro atoms. The first-order valence-electron chi connectivity index (χ1n) is 8.05. The van der Waals surface area contributed by atoms with Crippen LogP contribution in [0.4, 0.5) is 14.5 Å². The molecule has 1 aromatic rings. The molecule has 0 radical (unpaired) electrons. The maximum absolute atomic E-state index is 13.4. The van der Waals surface area contributed by atoms with Crippen LogP contribution < -0.4 is 10.2 Å². The van der Waals surface area contributed by atoms with Gasteiger partial charge in [0.05, 0.1) is 0 Å². The summed E-state index contributed by atoms with van der Waals surface area (Å²) in [5, 5.41) is 3.67. The number of hydrogen-bond acceptors (Lipinski definition) is 2. The van der Waals surface area contributed by atoms with Crippen molar-refractivity contribution < 1.29 is 8.78 Å². The van der Waals surface area contributed by atoms with Crippen molar-refractivity contribution in [3.8, 4) is 0 Å². The summed E-state index contributed by atoms with van der Waals surface area (Å²) in [6.45, 7) is 5.11. The van der Waals surface area contributed by atoms with Crippen molar-refractivity contribution in [3.63, 3.8) is 0 Å². The van der Waals surface area contributed by atoms with Crippen molar-refractivity contribution in [1.82, 2.24) is 5.32 Å². The highest BCUT2D eigenvalue weighted by Gasteiger charge is 2.26. The normalized spacial score (nSPS) is 26.7. The number of rotatable bonds is 4. The first kappa shape index (κ1) is 14.8. The third-order valence-corrected chi connectivity index (χ3v) is 4.85. The van der Waals surface area contributed by atoms with Crippen LogP contribution in [0.2, 0.25) is 0 Å². The Kier molecular flexibility index (Phi) is 4.43. The van der Waals surface area contributed by atoms with Crippen LogP contribution in [0.3, 0.4) is 0 Å². The van der Waals surface area contributed by atoms with Crippen LogP contribution in [-0.2, 0) is 0 Å². The molecular weight excluding hydrogens is 270 g/mol. The molecule has 2 fully saturated rings. The molecule has 0 amide bonds. The van der Waals surface area contributed by atoms with Crippen molar-refractivity contribution >= 4 is 5.69 Å². The van der Waals surface area contributed by atoms with Crippen LogP contribution in [0.15, 0.2) is 18.2 Å². The van der Waals surface area contributed by atoms with E-state index in [0.717, 1.165) is 37.7 Å². The fourth-order valence-electron chi connectivity index (χ4n) is 3.42. The van der Waals surface area contributed by atoms with Crippen molar-refractivity contribution in [2.45, 2.75) is 38.6 Å². The molecule has 1 N–H and O–H groups in total. The molecule has 4 heteroatoms. The fraction of sp³-hybridized carbons (Fsp3) is 0.647. The van der Waals surface area contributed by atoms with E-state index >= 15 is 0 Å². The Morgan fingerprint density at radius 1 is 1.19 bits per heavy atom. The van der Waals surface area contributed by atoms with Gasteiger partial charge in [-0.3, -0.25) is 0 Å². The number of benzene rings is 1. The molecule has 1 aliphatic heterocycles. The predicted octanol–water partition coefficient (Wildman–Crippen LogP) is 3.57. The van der Waals surface area contributed by atoms with Crippen molar-refractivity contribution in [3.05, 3.63) is 29.8 Å². The SMILES string of the molecule is CC1CC(NCC2CCC2)CN(c2ccc(F)c(F)c2)C1. The summed E-state index contributed by atoms with van der Waals surface area (Å²) >= 11 is 0. The Hall–Kier alpha value is -1.16. The molecule has 1 saturated heterocycles. The lowest BCUT2D eigenvalue weighted by Crippen LogP contribution is -2.50. The molecule has 0 aromatic heterocycles. The van der Waals surface area contributed by atoms with E-state index < -0.39 is 11.6 Å². The van der Waals surface area contributed by atoms with Crippen LogP contribution in [0.1, 0.15) is 32.6 Å². The summed E-state index contributed by atoms with van der Waals surface area (Å²) in [7, 11) is 0. The van der Waals surface area contributed by atoms with E-state index in [4.69, 9.17) is 0 Å². The Morgan fingerprint density at radius 2 is 2.00 bits per heavy atom. The van der Waals surface area contributed by atoms with Crippen LogP contribution in [0, 0.1) is 23.5 Å². The maximum atomic E-state index is 13.4.